The van der Waals surface area contributed by atoms with Gasteiger partial charge in [0.05, 0.1) is 12.1 Å². The lowest BCUT2D eigenvalue weighted by Gasteiger charge is -2.13. The second kappa shape index (κ2) is 7.07. The summed E-state index contributed by atoms with van der Waals surface area (Å²) in [4.78, 5) is 11.9. The van der Waals surface area contributed by atoms with Gasteiger partial charge in [-0.05, 0) is 12.5 Å². The number of β-amino-alcohol motifs (C(OH)–C–C–N with tert-alkyl or cyclic N) is 1. The van der Waals surface area contributed by atoms with Crippen molar-refractivity contribution in [3.63, 3.8) is 0 Å². The second-order valence-corrected chi connectivity index (χ2v) is 4.78. The Morgan fingerprint density at radius 1 is 1.55 bits per heavy atom. The normalized spacial score (nSPS) is 21.4. The van der Waals surface area contributed by atoms with Gasteiger partial charge in [-0.2, -0.15) is 0 Å². The van der Waals surface area contributed by atoms with Crippen molar-refractivity contribution in [1.29, 1.82) is 0 Å². The van der Waals surface area contributed by atoms with E-state index in [4.69, 9.17) is 4.74 Å². The Balaban J connectivity index is 1.90. The highest BCUT2D eigenvalue weighted by Crippen LogP contribution is 2.18. The minimum Gasteiger partial charge on any atom is -0.489 e. The fraction of sp³-hybridized carbons (Fsp3) is 0.400. The van der Waals surface area contributed by atoms with Gasteiger partial charge in [-0.25, -0.2) is 0 Å². The van der Waals surface area contributed by atoms with Crippen molar-refractivity contribution in [3.05, 3.63) is 42.5 Å². The lowest BCUT2D eigenvalue weighted by molar-refractivity contribution is -0.123. The molecule has 5 nitrogen and oxygen atoms in total. The summed E-state index contributed by atoms with van der Waals surface area (Å²) in [5.41, 5.74) is 0.918. The second-order valence-electron chi connectivity index (χ2n) is 4.78. The molecule has 20 heavy (non-hydrogen) atoms. The van der Waals surface area contributed by atoms with Crippen molar-refractivity contribution in [2.45, 2.75) is 25.1 Å². The molecule has 0 saturated carbocycles. The molecular formula is C15H20N2O3. The van der Waals surface area contributed by atoms with Crippen LogP contribution >= 0.6 is 0 Å². The fourth-order valence-corrected chi connectivity index (χ4v) is 2.16. The summed E-state index contributed by atoms with van der Waals surface area (Å²) in [6, 6.07) is 7.25. The monoisotopic (exact) mass is 276 g/mol. The van der Waals surface area contributed by atoms with Gasteiger partial charge in [-0.3, -0.25) is 4.79 Å². The van der Waals surface area contributed by atoms with Crippen LogP contribution in [0.3, 0.4) is 0 Å². The van der Waals surface area contributed by atoms with Crippen LogP contribution < -0.4 is 15.4 Å². The van der Waals surface area contributed by atoms with E-state index in [2.05, 4.69) is 17.2 Å². The molecule has 1 saturated heterocycles. The van der Waals surface area contributed by atoms with E-state index >= 15 is 0 Å². The first-order valence-corrected chi connectivity index (χ1v) is 6.71. The molecule has 108 valence electrons. The third-order valence-corrected chi connectivity index (χ3v) is 3.21. The van der Waals surface area contributed by atoms with E-state index < -0.39 is 6.10 Å². The first-order valence-electron chi connectivity index (χ1n) is 6.71. The van der Waals surface area contributed by atoms with Gasteiger partial charge in [0.15, 0.2) is 0 Å². The number of hydrogen-bond acceptors (Lipinski definition) is 4. The molecule has 1 fully saturated rings. The number of amides is 1. The van der Waals surface area contributed by atoms with E-state index in [0.29, 0.717) is 26.1 Å². The zero-order valence-corrected chi connectivity index (χ0v) is 11.3. The molecule has 5 heteroatoms. The Hall–Kier alpha value is -1.85. The van der Waals surface area contributed by atoms with Gasteiger partial charge in [0.25, 0.3) is 0 Å². The van der Waals surface area contributed by atoms with E-state index in [-0.39, 0.29) is 11.9 Å². The maximum absolute atomic E-state index is 11.9. The molecule has 1 aliphatic heterocycles. The van der Waals surface area contributed by atoms with Crippen LogP contribution in [0.1, 0.15) is 12.0 Å². The minimum atomic E-state index is -0.436. The summed E-state index contributed by atoms with van der Waals surface area (Å²) in [7, 11) is 0. The van der Waals surface area contributed by atoms with Gasteiger partial charge >= 0.3 is 0 Å². The summed E-state index contributed by atoms with van der Waals surface area (Å²) < 4.78 is 5.54. The number of aliphatic hydroxyl groups excluding tert-OH is 1. The van der Waals surface area contributed by atoms with Gasteiger partial charge in [-0.15, -0.1) is 0 Å². The average Bonchev–Trinajstić information content (AvgIpc) is 2.90. The van der Waals surface area contributed by atoms with Crippen LogP contribution in [0.2, 0.25) is 0 Å². The molecule has 1 heterocycles. The standard InChI is InChI=1S/C15H20N2O3/c1-2-7-20-14-6-4-3-5-11(14)9-17-15(19)13-8-12(18)10-16-13/h2-6,12-13,16,18H,1,7-10H2,(H,17,19). The third-order valence-electron chi connectivity index (χ3n) is 3.21. The van der Waals surface area contributed by atoms with Gasteiger partial charge in [-0.1, -0.05) is 30.9 Å². The predicted octanol–water partition coefficient (Wildman–Crippen LogP) is 0.590. The minimum absolute atomic E-state index is 0.0972. The number of carbonyl (C=O) groups excluding carboxylic acids is 1. The molecule has 2 rings (SSSR count). The van der Waals surface area contributed by atoms with E-state index in [9.17, 15) is 9.90 Å². The van der Waals surface area contributed by atoms with Crippen LogP contribution in [0.15, 0.2) is 36.9 Å². The maximum Gasteiger partial charge on any atom is 0.237 e. The largest absolute Gasteiger partial charge is 0.489 e. The van der Waals surface area contributed by atoms with E-state index in [1.54, 1.807) is 6.08 Å². The van der Waals surface area contributed by atoms with Crippen LogP contribution in [0.4, 0.5) is 0 Å². The number of aliphatic hydroxyl groups is 1. The van der Waals surface area contributed by atoms with Crippen LogP contribution in [0.5, 0.6) is 5.75 Å². The maximum atomic E-state index is 11.9. The summed E-state index contributed by atoms with van der Waals surface area (Å²) >= 11 is 0. The first-order chi connectivity index (χ1) is 9.70. The van der Waals surface area contributed by atoms with Crippen molar-refractivity contribution >= 4 is 5.91 Å². The molecule has 1 aromatic carbocycles. The Labute approximate surface area is 118 Å². The highest BCUT2D eigenvalue weighted by Gasteiger charge is 2.27. The smallest absolute Gasteiger partial charge is 0.237 e. The summed E-state index contributed by atoms with van der Waals surface area (Å²) in [6.45, 7) is 4.92. The molecule has 0 aromatic heterocycles. The van der Waals surface area contributed by atoms with Crippen LogP contribution in [0.25, 0.3) is 0 Å². The zero-order valence-electron chi connectivity index (χ0n) is 11.3. The summed E-state index contributed by atoms with van der Waals surface area (Å²) in [6.07, 6.45) is 1.70. The predicted molar refractivity (Wildman–Crippen MR) is 76.4 cm³/mol. The van der Waals surface area contributed by atoms with E-state index in [1.165, 1.54) is 0 Å². The molecule has 2 unspecified atom stereocenters. The molecule has 0 aliphatic carbocycles. The number of benzene rings is 1. The highest BCUT2D eigenvalue weighted by molar-refractivity contribution is 5.82. The molecule has 1 amide bonds. The van der Waals surface area contributed by atoms with Gasteiger partial charge in [0.1, 0.15) is 12.4 Å². The van der Waals surface area contributed by atoms with Crippen molar-refractivity contribution in [2.24, 2.45) is 0 Å². The molecule has 2 atom stereocenters. The topological polar surface area (TPSA) is 70.6 Å². The van der Waals surface area contributed by atoms with E-state index in [0.717, 1.165) is 11.3 Å². The zero-order chi connectivity index (χ0) is 14.4. The lowest BCUT2D eigenvalue weighted by Crippen LogP contribution is -2.40. The average molecular weight is 276 g/mol. The summed E-state index contributed by atoms with van der Waals surface area (Å²) in [5.74, 6) is 0.646. The quantitative estimate of drug-likeness (QED) is 0.665. The first kappa shape index (κ1) is 14.6. The van der Waals surface area contributed by atoms with Gasteiger partial charge in [0, 0.05) is 18.7 Å². The van der Waals surface area contributed by atoms with Gasteiger partial charge in [0.2, 0.25) is 5.91 Å². The van der Waals surface area contributed by atoms with Crippen molar-refractivity contribution in [3.8, 4) is 5.75 Å². The number of carbonyl (C=O) groups is 1. The molecule has 1 aliphatic rings. The number of rotatable bonds is 6. The van der Waals surface area contributed by atoms with Gasteiger partial charge < -0.3 is 20.5 Å². The Morgan fingerprint density at radius 2 is 2.35 bits per heavy atom. The Morgan fingerprint density at radius 3 is 3.05 bits per heavy atom. The molecule has 1 aromatic rings. The third kappa shape index (κ3) is 3.82. The molecular weight excluding hydrogens is 256 g/mol. The summed E-state index contributed by atoms with van der Waals surface area (Å²) in [5, 5.41) is 15.2. The number of hydrogen-bond donors (Lipinski definition) is 3. The number of ether oxygens (including phenoxy) is 1. The molecule has 0 spiro atoms. The molecule has 0 radical (unpaired) electrons. The Kier molecular flexibility index (Phi) is 5.15. The number of para-hydroxylation sites is 1. The number of nitrogens with one attached hydrogen (secondary N) is 2. The van der Waals surface area contributed by atoms with E-state index in [1.807, 2.05) is 24.3 Å². The highest BCUT2D eigenvalue weighted by atomic mass is 16.5. The van der Waals surface area contributed by atoms with Crippen LogP contribution in [-0.4, -0.2) is 36.3 Å². The van der Waals surface area contributed by atoms with Crippen LogP contribution in [-0.2, 0) is 11.3 Å². The molecule has 0 bridgehead atoms. The Bertz CT molecular complexity index is 476. The van der Waals surface area contributed by atoms with Crippen molar-refractivity contribution in [2.75, 3.05) is 13.2 Å². The lowest BCUT2D eigenvalue weighted by atomic mass is 10.1. The molecule has 3 N–H and O–H groups in total. The SMILES string of the molecule is C=CCOc1ccccc1CNC(=O)C1CC(O)CN1. The van der Waals surface area contributed by atoms with Crippen molar-refractivity contribution in [1.82, 2.24) is 10.6 Å². The van der Waals surface area contributed by atoms with Crippen LogP contribution in [0, 0.1) is 0 Å². The fourth-order valence-electron chi connectivity index (χ4n) is 2.16. The van der Waals surface area contributed by atoms with Crippen molar-refractivity contribution < 1.29 is 14.6 Å².